The topological polar surface area (TPSA) is 106 Å². The van der Waals surface area contributed by atoms with Crippen molar-refractivity contribution >= 4 is 28.5 Å². The van der Waals surface area contributed by atoms with Crippen molar-refractivity contribution in [1.82, 2.24) is 35.0 Å². The molecule has 0 spiro atoms. The summed E-state index contributed by atoms with van der Waals surface area (Å²) in [5.41, 5.74) is 4.98. The van der Waals surface area contributed by atoms with Crippen LogP contribution in [0.15, 0.2) is 42.9 Å². The number of carbonyl (C=O) groups excluding carboxylic acids is 2. The van der Waals surface area contributed by atoms with Crippen LogP contribution in [-0.4, -0.2) is 42.9 Å². The van der Waals surface area contributed by atoms with Crippen molar-refractivity contribution in [2.75, 3.05) is 6.54 Å². The molecule has 0 bridgehead atoms. The van der Waals surface area contributed by atoms with Gasteiger partial charge in [-0.15, -0.1) is 0 Å². The van der Waals surface area contributed by atoms with Crippen LogP contribution in [-0.2, 0) is 4.79 Å². The third-order valence-electron chi connectivity index (χ3n) is 6.51. The first-order valence-corrected chi connectivity index (χ1v) is 10.9. The Morgan fingerprint density at radius 3 is 2.84 bits per heavy atom. The van der Waals surface area contributed by atoms with Gasteiger partial charge in [0.05, 0.1) is 23.3 Å². The maximum atomic E-state index is 12.4. The summed E-state index contributed by atoms with van der Waals surface area (Å²) >= 11 is 0. The number of fused-ring (bicyclic) bond motifs is 2. The largest absolute Gasteiger partial charge is 0.337 e. The van der Waals surface area contributed by atoms with E-state index >= 15 is 0 Å². The van der Waals surface area contributed by atoms with Gasteiger partial charge in [0.1, 0.15) is 0 Å². The van der Waals surface area contributed by atoms with Crippen LogP contribution in [0.2, 0.25) is 0 Å². The minimum atomic E-state index is -0.521. The standard InChI is InChI=1S/C23H23N7O2/c1-12(2)30-20-7-13(3-4-14(20)10-26-30)15-8-16(15)17-9-19(28-29-6-5-24-21(17)29)18-11-25-23(32)27-22(18)31/h3-7,9-10,12,15-16,18H,8,11H2,1-2H3,(H2,25,27,31,32)/t15-,16+,18?/m0/s1. The van der Waals surface area contributed by atoms with E-state index in [9.17, 15) is 9.59 Å². The van der Waals surface area contributed by atoms with E-state index in [2.05, 4.69) is 62.5 Å². The highest BCUT2D eigenvalue weighted by atomic mass is 16.2. The van der Waals surface area contributed by atoms with Crippen molar-refractivity contribution in [3.63, 3.8) is 0 Å². The zero-order valence-electron chi connectivity index (χ0n) is 17.8. The Balaban J connectivity index is 1.36. The van der Waals surface area contributed by atoms with Crippen LogP contribution in [0, 0.1) is 0 Å². The van der Waals surface area contributed by atoms with Gasteiger partial charge in [0.15, 0.2) is 5.65 Å². The zero-order chi connectivity index (χ0) is 22.0. The van der Waals surface area contributed by atoms with Gasteiger partial charge in [0.25, 0.3) is 0 Å². The molecule has 3 amide bonds. The minimum absolute atomic E-state index is 0.237. The summed E-state index contributed by atoms with van der Waals surface area (Å²) in [4.78, 5) is 28.4. The lowest BCUT2D eigenvalue weighted by Gasteiger charge is -2.22. The van der Waals surface area contributed by atoms with Gasteiger partial charge in [-0.25, -0.2) is 14.3 Å². The van der Waals surface area contributed by atoms with Gasteiger partial charge in [0.2, 0.25) is 5.91 Å². The van der Waals surface area contributed by atoms with E-state index in [1.165, 1.54) is 5.56 Å². The first-order valence-electron chi connectivity index (χ1n) is 10.9. The van der Waals surface area contributed by atoms with Gasteiger partial charge in [0, 0.05) is 35.9 Å². The first-order chi connectivity index (χ1) is 15.5. The number of amides is 3. The first kappa shape index (κ1) is 19.0. The predicted octanol–water partition coefficient (Wildman–Crippen LogP) is 2.85. The lowest BCUT2D eigenvalue weighted by molar-refractivity contribution is -0.122. The van der Waals surface area contributed by atoms with Gasteiger partial charge in [-0.1, -0.05) is 12.1 Å². The molecule has 2 aliphatic rings. The molecule has 3 aromatic heterocycles. The lowest BCUT2D eigenvalue weighted by atomic mass is 9.99. The number of rotatable bonds is 4. The Morgan fingerprint density at radius 1 is 1.16 bits per heavy atom. The second-order valence-corrected chi connectivity index (χ2v) is 8.92. The highest BCUT2D eigenvalue weighted by Gasteiger charge is 2.42. The molecule has 1 saturated carbocycles. The molecular weight excluding hydrogens is 406 g/mol. The lowest BCUT2D eigenvalue weighted by Crippen LogP contribution is -2.51. The second kappa shape index (κ2) is 6.88. The summed E-state index contributed by atoms with van der Waals surface area (Å²) < 4.78 is 3.80. The maximum Gasteiger partial charge on any atom is 0.321 e. The predicted molar refractivity (Wildman–Crippen MR) is 117 cm³/mol. The molecule has 4 heterocycles. The number of benzene rings is 1. The van der Waals surface area contributed by atoms with Crippen molar-refractivity contribution in [3.8, 4) is 0 Å². The summed E-state index contributed by atoms with van der Waals surface area (Å²) in [6.45, 7) is 4.51. The van der Waals surface area contributed by atoms with Crippen LogP contribution in [0.1, 0.15) is 60.9 Å². The average Bonchev–Trinajstić information content (AvgIpc) is 3.21. The van der Waals surface area contributed by atoms with E-state index in [-0.39, 0.29) is 12.5 Å². The van der Waals surface area contributed by atoms with Gasteiger partial charge < -0.3 is 5.32 Å². The van der Waals surface area contributed by atoms with Crippen LogP contribution < -0.4 is 10.6 Å². The normalized spacial score (nSPS) is 23.0. The number of nitrogens with one attached hydrogen (secondary N) is 2. The Kier molecular flexibility index (Phi) is 4.08. The van der Waals surface area contributed by atoms with Crippen molar-refractivity contribution in [3.05, 3.63) is 59.7 Å². The van der Waals surface area contributed by atoms with E-state index in [1.807, 2.05) is 12.3 Å². The number of carbonyl (C=O) groups is 2. The third-order valence-corrected chi connectivity index (χ3v) is 6.51. The maximum absolute atomic E-state index is 12.4. The monoisotopic (exact) mass is 429 g/mol. The summed E-state index contributed by atoms with van der Waals surface area (Å²) in [6, 6.07) is 8.41. The van der Waals surface area contributed by atoms with Crippen LogP contribution in [0.5, 0.6) is 0 Å². The smallest absolute Gasteiger partial charge is 0.321 e. The molecule has 1 aromatic carbocycles. The highest BCUT2D eigenvalue weighted by molar-refractivity contribution is 6.00. The van der Waals surface area contributed by atoms with Crippen molar-refractivity contribution in [1.29, 1.82) is 0 Å². The van der Waals surface area contributed by atoms with Crippen molar-refractivity contribution in [2.45, 2.75) is 44.1 Å². The third kappa shape index (κ3) is 2.96. The number of urea groups is 1. The molecule has 1 aliphatic carbocycles. The summed E-state index contributed by atoms with van der Waals surface area (Å²) in [5, 5.41) is 15.3. The molecule has 3 atom stereocenters. The molecule has 2 fully saturated rings. The van der Waals surface area contributed by atoms with Crippen LogP contribution in [0.25, 0.3) is 16.6 Å². The fourth-order valence-electron chi connectivity index (χ4n) is 4.78. The number of aromatic nitrogens is 5. The molecule has 1 saturated heterocycles. The van der Waals surface area contributed by atoms with E-state index in [0.717, 1.165) is 28.5 Å². The number of hydrogen-bond acceptors (Lipinski definition) is 5. The molecule has 1 unspecified atom stereocenters. The molecule has 32 heavy (non-hydrogen) atoms. The number of nitrogens with zero attached hydrogens (tertiary/aromatic N) is 5. The number of hydrogen-bond donors (Lipinski definition) is 2. The average molecular weight is 429 g/mol. The van der Waals surface area contributed by atoms with E-state index in [4.69, 9.17) is 0 Å². The molecule has 2 N–H and O–H groups in total. The molecule has 162 valence electrons. The fourth-order valence-corrected chi connectivity index (χ4v) is 4.78. The second-order valence-electron chi connectivity index (χ2n) is 8.92. The molecule has 1 aliphatic heterocycles. The van der Waals surface area contributed by atoms with E-state index in [0.29, 0.717) is 23.6 Å². The summed E-state index contributed by atoms with van der Waals surface area (Å²) in [7, 11) is 0. The zero-order valence-corrected chi connectivity index (χ0v) is 17.8. The van der Waals surface area contributed by atoms with Crippen molar-refractivity contribution < 1.29 is 9.59 Å². The van der Waals surface area contributed by atoms with Crippen molar-refractivity contribution in [2.24, 2.45) is 0 Å². The molecule has 9 nitrogen and oxygen atoms in total. The molecule has 0 radical (unpaired) electrons. The molecule has 6 rings (SSSR count). The van der Waals surface area contributed by atoms with Gasteiger partial charge in [-0.05, 0) is 49.8 Å². The Hall–Kier alpha value is -3.75. The van der Waals surface area contributed by atoms with Crippen LogP contribution in [0.3, 0.4) is 0 Å². The number of imide groups is 1. The Bertz CT molecular complexity index is 1390. The highest BCUT2D eigenvalue weighted by Crippen LogP contribution is 2.55. The summed E-state index contributed by atoms with van der Waals surface area (Å²) in [5.74, 6) is -0.167. The fraction of sp³-hybridized carbons (Fsp3) is 0.348. The molecule has 9 heteroatoms. The van der Waals surface area contributed by atoms with E-state index in [1.54, 1.807) is 16.9 Å². The minimum Gasteiger partial charge on any atom is -0.337 e. The van der Waals surface area contributed by atoms with Gasteiger partial charge in [-0.2, -0.15) is 10.2 Å². The SMILES string of the molecule is CC(C)n1ncc2ccc([C@@H]3C[C@H]3c3cc(C4CNC(=O)NC4=O)nn4ccnc34)cc21. The number of imidazole rings is 1. The van der Waals surface area contributed by atoms with Crippen LogP contribution in [0.4, 0.5) is 4.79 Å². The Morgan fingerprint density at radius 2 is 2.03 bits per heavy atom. The Labute approximate surface area is 183 Å². The molecule has 4 aromatic rings. The van der Waals surface area contributed by atoms with E-state index < -0.39 is 11.9 Å². The summed E-state index contributed by atoms with van der Waals surface area (Å²) in [6.07, 6.45) is 6.46. The van der Waals surface area contributed by atoms with Gasteiger partial charge in [-0.3, -0.25) is 14.8 Å². The quantitative estimate of drug-likeness (QED) is 0.519. The van der Waals surface area contributed by atoms with Crippen LogP contribution >= 0.6 is 0 Å². The molecular formula is C23H23N7O2. The van der Waals surface area contributed by atoms with Gasteiger partial charge >= 0.3 is 6.03 Å².